The first-order valence-corrected chi connectivity index (χ1v) is 7.01. The first-order valence-electron chi connectivity index (χ1n) is 7.01. The standard InChI is InChI=1S/C15H22N2O/c18-15-9-16-7-5-14(15)11-17-8-6-12-3-1-2-4-13(12)10-17/h1-4,14-16,18H,5-11H2/t14?,15-/m0/s1. The van der Waals surface area contributed by atoms with Gasteiger partial charge >= 0.3 is 0 Å². The molecule has 2 aliphatic rings. The largest absolute Gasteiger partial charge is 0.391 e. The maximum Gasteiger partial charge on any atom is 0.0705 e. The Kier molecular flexibility index (Phi) is 3.64. The molecule has 2 N–H and O–H groups in total. The summed E-state index contributed by atoms with van der Waals surface area (Å²) < 4.78 is 0. The van der Waals surface area contributed by atoms with Gasteiger partial charge in [0, 0.05) is 26.2 Å². The minimum Gasteiger partial charge on any atom is -0.391 e. The van der Waals surface area contributed by atoms with Gasteiger partial charge in [-0.2, -0.15) is 0 Å². The Labute approximate surface area is 109 Å². The predicted molar refractivity (Wildman–Crippen MR) is 72.4 cm³/mol. The van der Waals surface area contributed by atoms with E-state index in [4.69, 9.17) is 0 Å². The molecule has 18 heavy (non-hydrogen) atoms. The van der Waals surface area contributed by atoms with Crippen molar-refractivity contribution in [3.63, 3.8) is 0 Å². The van der Waals surface area contributed by atoms with Crippen molar-refractivity contribution >= 4 is 0 Å². The molecule has 2 atom stereocenters. The van der Waals surface area contributed by atoms with Gasteiger partial charge in [0.2, 0.25) is 0 Å². The number of benzene rings is 1. The van der Waals surface area contributed by atoms with Gasteiger partial charge in [-0.3, -0.25) is 4.90 Å². The molecule has 3 nitrogen and oxygen atoms in total. The monoisotopic (exact) mass is 246 g/mol. The van der Waals surface area contributed by atoms with E-state index >= 15 is 0 Å². The van der Waals surface area contributed by atoms with E-state index in [2.05, 4.69) is 34.5 Å². The van der Waals surface area contributed by atoms with Gasteiger partial charge in [0.05, 0.1) is 6.10 Å². The van der Waals surface area contributed by atoms with E-state index in [9.17, 15) is 5.11 Å². The van der Waals surface area contributed by atoms with Gasteiger partial charge in [-0.15, -0.1) is 0 Å². The van der Waals surface area contributed by atoms with Crippen LogP contribution in [0.25, 0.3) is 0 Å². The number of rotatable bonds is 2. The summed E-state index contributed by atoms with van der Waals surface area (Å²) >= 11 is 0. The second-order valence-electron chi connectivity index (χ2n) is 5.57. The van der Waals surface area contributed by atoms with Crippen LogP contribution in [0.3, 0.4) is 0 Å². The summed E-state index contributed by atoms with van der Waals surface area (Å²) in [7, 11) is 0. The summed E-state index contributed by atoms with van der Waals surface area (Å²) in [6, 6.07) is 8.74. The number of aliphatic hydroxyl groups is 1. The number of fused-ring (bicyclic) bond motifs is 1. The molecular formula is C15H22N2O. The second-order valence-corrected chi connectivity index (χ2v) is 5.57. The topological polar surface area (TPSA) is 35.5 Å². The van der Waals surface area contributed by atoms with Gasteiger partial charge in [-0.05, 0) is 36.4 Å². The number of nitrogens with one attached hydrogen (secondary N) is 1. The fraction of sp³-hybridized carbons (Fsp3) is 0.600. The van der Waals surface area contributed by atoms with E-state index in [0.29, 0.717) is 5.92 Å². The fourth-order valence-corrected chi connectivity index (χ4v) is 3.15. The van der Waals surface area contributed by atoms with Crippen molar-refractivity contribution in [3.8, 4) is 0 Å². The molecule has 1 unspecified atom stereocenters. The smallest absolute Gasteiger partial charge is 0.0705 e. The molecule has 0 aromatic heterocycles. The molecule has 0 amide bonds. The Morgan fingerprint density at radius 2 is 2.11 bits per heavy atom. The van der Waals surface area contributed by atoms with Gasteiger partial charge < -0.3 is 10.4 Å². The van der Waals surface area contributed by atoms with Crippen LogP contribution >= 0.6 is 0 Å². The van der Waals surface area contributed by atoms with Crippen LogP contribution in [0, 0.1) is 5.92 Å². The molecule has 0 saturated carbocycles. The van der Waals surface area contributed by atoms with Crippen molar-refractivity contribution in [3.05, 3.63) is 35.4 Å². The third-order valence-corrected chi connectivity index (χ3v) is 4.29. The molecule has 0 spiro atoms. The molecule has 1 aromatic carbocycles. The summed E-state index contributed by atoms with van der Waals surface area (Å²) in [6.07, 6.45) is 2.08. The molecule has 0 radical (unpaired) electrons. The van der Waals surface area contributed by atoms with Gasteiger partial charge in [0.15, 0.2) is 0 Å². The average molecular weight is 246 g/mol. The van der Waals surface area contributed by atoms with Crippen molar-refractivity contribution in [2.75, 3.05) is 26.2 Å². The summed E-state index contributed by atoms with van der Waals surface area (Å²) in [5.74, 6) is 0.441. The van der Waals surface area contributed by atoms with E-state index in [0.717, 1.165) is 45.6 Å². The lowest BCUT2D eigenvalue weighted by atomic mass is 9.92. The van der Waals surface area contributed by atoms with Gasteiger partial charge in [-0.25, -0.2) is 0 Å². The molecule has 2 aliphatic heterocycles. The van der Waals surface area contributed by atoms with E-state index in [1.807, 2.05) is 0 Å². The van der Waals surface area contributed by atoms with Gasteiger partial charge in [0.1, 0.15) is 0 Å². The second kappa shape index (κ2) is 5.39. The van der Waals surface area contributed by atoms with Crippen molar-refractivity contribution in [1.82, 2.24) is 10.2 Å². The van der Waals surface area contributed by atoms with Crippen LogP contribution in [0.15, 0.2) is 24.3 Å². The Morgan fingerprint density at radius 1 is 1.28 bits per heavy atom. The summed E-state index contributed by atoms with van der Waals surface area (Å²) in [6.45, 7) is 5.03. The SMILES string of the molecule is O[C@H]1CNCCC1CN1CCc2ccccc2C1. The van der Waals surface area contributed by atoms with Gasteiger partial charge in [0.25, 0.3) is 0 Å². The van der Waals surface area contributed by atoms with Crippen LogP contribution in [0.2, 0.25) is 0 Å². The number of hydrogen-bond donors (Lipinski definition) is 2. The van der Waals surface area contributed by atoms with E-state index < -0.39 is 0 Å². The molecular weight excluding hydrogens is 224 g/mol. The molecule has 0 bridgehead atoms. The lowest BCUT2D eigenvalue weighted by molar-refractivity contribution is 0.0536. The average Bonchev–Trinajstić information content (AvgIpc) is 2.41. The highest BCUT2D eigenvalue weighted by Crippen LogP contribution is 2.21. The minimum absolute atomic E-state index is 0.170. The van der Waals surface area contributed by atoms with Gasteiger partial charge in [-0.1, -0.05) is 24.3 Å². The number of β-amino-alcohol motifs (C(OH)–C–C–N with tert-alkyl or cyclic N) is 1. The lowest BCUT2D eigenvalue weighted by Gasteiger charge is -2.35. The zero-order valence-corrected chi connectivity index (χ0v) is 10.8. The fourth-order valence-electron chi connectivity index (χ4n) is 3.15. The maximum absolute atomic E-state index is 10.0. The van der Waals surface area contributed by atoms with E-state index in [1.165, 1.54) is 11.1 Å². The highest BCUT2D eigenvalue weighted by molar-refractivity contribution is 5.29. The molecule has 1 fully saturated rings. The summed E-state index contributed by atoms with van der Waals surface area (Å²) in [5.41, 5.74) is 2.96. The third kappa shape index (κ3) is 2.58. The Hall–Kier alpha value is -0.900. The van der Waals surface area contributed by atoms with Crippen LogP contribution in [-0.4, -0.2) is 42.3 Å². The number of piperidine rings is 1. The molecule has 2 heterocycles. The van der Waals surface area contributed by atoms with Crippen molar-refractivity contribution in [1.29, 1.82) is 0 Å². The normalized spacial score (nSPS) is 28.9. The number of aliphatic hydroxyl groups excluding tert-OH is 1. The molecule has 1 saturated heterocycles. The molecule has 3 rings (SSSR count). The minimum atomic E-state index is -0.170. The van der Waals surface area contributed by atoms with Crippen molar-refractivity contribution in [2.45, 2.75) is 25.5 Å². The molecule has 0 aliphatic carbocycles. The van der Waals surface area contributed by atoms with Crippen LogP contribution in [0.4, 0.5) is 0 Å². The quantitative estimate of drug-likeness (QED) is 0.817. The highest BCUT2D eigenvalue weighted by atomic mass is 16.3. The van der Waals surface area contributed by atoms with E-state index in [1.54, 1.807) is 0 Å². The first kappa shape index (κ1) is 12.2. The Morgan fingerprint density at radius 3 is 2.94 bits per heavy atom. The van der Waals surface area contributed by atoms with Crippen LogP contribution < -0.4 is 5.32 Å². The number of hydrogen-bond acceptors (Lipinski definition) is 3. The molecule has 98 valence electrons. The summed E-state index contributed by atoms with van der Waals surface area (Å²) in [4.78, 5) is 2.50. The zero-order valence-electron chi connectivity index (χ0n) is 10.8. The van der Waals surface area contributed by atoms with E-state index in [-0.39, 0.29) is 6.10 Å². The van der Waals surface area contributed by atoms with Crippen molar-refractivity contribution in [2.24, 2.45) is 5.92 Å². The number of nitrogens with zero attached hydrogens (tertiary/aromatic N) is 1. The summed E-state index contributed by atoms with van der Waals surface area (Å²) in [5, 5.41) is 13.3. The van der Waals surface area contributed by atoms with Crippen molar-refractivity contribution < 1.29 is 5.11 Å². The predicted octanol–water partition coefficient (Wildman–Crippen LogP) is 1.02. The Bertz CT molecular complexity index is 407. The zero-order chi connectivity index (χ0) is 12.4. The first-order chi connectivity index (χ1) is 8.83. The Balaban J connectivity index is 1.62. The third-order valence-electron chi connectivity index (χ3n) is 4.29. The highest BCUT2D eigenvalue weighted by Gasteiger charge is 2.26. The maximum atomic E-state index is 10.0. The van der Waals surface area contributed by atoms with Crippen LogP contribution in [0.1, 0.15) is 17.5 Å². The van der Waals surface area contributed by atoms with Crippen LogP contribution in [0.5, 0.6) is 0 Å². The van der Waals surface area contributed by atoms with Crippen LogP contribution in [-0.2, 0) is 13.0 Å². The lowest BCUT2D eigenvalue weighted by Crippen LogP contribution is -2.46. The molecule has 3 heteroatoms. The molecule has 1 aromatic rings.